The third kappa shape index (κ3) is 3.06. The van der Waals surface area contributed by atoms with Crippen LogP contribution in [0.4, 0.5) is 5.69 Å². The van der Waals surface area contributed by atoms with Crippen molar-refractivity contribution in [3.63, 3.8) is 0 Å². The molecule has 2 aliphatic rings. The van der Waals surface area contributed by atoms with Gasteiger partial charge >= 0.3 is 5.97 Å². The molecular formula is C16H20N2O4. The van der Waals surface area contributed by atoms with Crippen LogP contribution in [0.25, 0.3) is 0 Å². The van der Waals surface area contributed by atoms with Crippen molar-refractivity contribution in [3.05, 3.63) is 23.8 Å². The van der Waals surface area contributed by atoms with Gasteiger partial charge in [-0.05, 0) is 44.1 Å². The lowest BCUT2D eigenvalue weighted by molar-refractivity contribution is -0.121. The molecule has 6 nitrogen and oxygen atoms in total. The van der Waals surface area contributed by atoms with Crippen molar-refractivity contribution in [1.29, 1.82) is 0 Å². The van der Waals surface area contributed by atoms with Gasteiger partial charge in [-0.25, -0.2) is 4.79 Å². The molecule has 1 fully saturated rings. The van der Waals surface area contributed by atoms with Crippen LogP contribution in [0, 0.1) is 0 Å². The highest BCUT2D eigenvalue weighted by Crippen LogP contribution is 2.33. The number of rotatable bonds is 4. The third-order valence-electron chi connectivity index (χ3n) is 4.24. The van der Waals surface area contributed by atoms with Crippen molar-refractivity contribution >= 4 is 17.6 Å². The minimum atomic E-state index is -1.00. The van der Waals surface area contributed by atoms with Crippen LogP contribution >= 0.6 is 0 Å². The number of ether oxygens (including phenoxy) is 1. The topological polar surface area (TPSA) is 70.1 Å². The maximum absolute atomic E-state index is 12.1. The minimum Gasteiger partial charge on any atom is -0.482 e. The second kappa shape index (κ2) is 6.36. The van der Waals surface area contributed by atoms with E-state index >= 15 is 0 Å². The molecule has 0 unspecified atom stereocenters. The van der Waals surface area contributed by atoms with Crippen molar-refractivity contribution in [2.75, 3.05) is 37.7 Å². The lowest BCUT2D eigenvalue weighted by Crippen LogP contribution is -2.44. The molecule has 1 saturated heterocycles. The molecule has 22 heavy (non-hydrogen) atoms. The molecule has 1 N–H and O–H groups in total. The van der Waals surface area contributed by atoms with Crippen molar-refractivity contribution in [2.45, 2.75) is 19.3 Å². The Kier molecular flexibility index (Phi) is 4.29. The molecule has 0 atom stereocenters. The van der Waals surface area contributed by atoms with Gasteiger partial charge in [-0.3, -0.25) is 4.79 Å². The molecule has 0 radical (unpaired) electrons. The number of carbonyl (C=O) groups excluding carboxylic acids is 1. The number of hydrogen-bond acceptors (Lipinski definition) is 4. The number of likely N-dealkylation sites (tertiary alicyclic amines) is 1. The zero-order chi connectivity index (χ0) is 15.5. The van der Waals surface area contributed by atoms with Crippen LogP contribution in [0.5, 0.6) is 5.75 Å². The molecule has 2 aliphatic heterocycles. The average Bonchev–Trinajstić information content (AvgIpc) is 2.54. The Bertz CT molecular complexity index is 582. The highest BCUT2D eigenvalue weighted by Gasteiger charge is 2.27. The molecular weight excluding hydrogens is 284 g/mol. The predicted octanol–water partition coefficient (Wildman–Crippen LogP) is 1.60. The largest absolute Gasteiger partial charge is 0.482 e. The Labute approximate surface area is 129 Å². The number of carboxylic acid groups (broad SMARTS) is 1. The molecule has 0 aliphatic carbocycles. The second-order valence-electron chi connectivity index (χ2n) is 5.72. The standard InChI is InChI=1S/C16H20N2O4/c19-15-11-22-14-5-4-12(16(20)21)10-13(14)18(15)9-8-17-6-2-1-3-7-17/h4-5,10H,1-3,6-9,11H2,(H,20,21). The quantitative estimate of drug-likeness (QED) is 0.915. The van der Waals surface area contributed by atoms with E-state index in [1.165, 1.54) is 31.4 Å². The summed E-state index contributed by atoms with van der Waals surface area (Å²) in [5.74, 6) is -0.549. The van der Waals surface area contributed by atoms with Crippen molar-refractivity contribution in [2.24, 2.45) is 0 Å². The number of hydrogen-bond donors (Lipinski definition) is 1. The van der Waals surface area contributed by atoms with Crippen LogP contribution in [0.15, 0.2) is 18.2 Å². The first kappa shape index (κ1) is 14.8. The summed E-state index contributed by atoms with van der Waals surface area (Å²) in [5.41, 5.74) is 0.730. The van der Waals surface area contributed by atoms with E-state index in [2.05, 4.69) is 4.90 Å². The van der Waals surface area contributed by atoms with Crippen molar-refractivity contribution in [1.82, 2.24) is 4.90 Å². The summed E-state index contributed by atoms with van der Waals surface area (Å²) in [6, 6.07) is 4.64. The van der Waals surface area contributed by atoms with Gasteiger partial charge in [-0.15, -0.1) is 0 Å². The van der Waals surface area contributed by atoms with E-state index in [0.717, 1.165) is 19.6 Å². The number of anilines is 1. The van der Waals surface area contributed by atoms with Gasteiger partial charge in [-0.2, -0.15) is 0 Å². The van der Waals surface area contributed by atoms with E-state index in [1.807, 2.05) is 0 Å². The number of amides is 1. The normalized spacial score (nSPS) is 18.7. The summed E-state index contributed by atoms with van der Waals surface area (Å²) < 4.78 is 5.39. The van der Waals surface area contributed by atoms with E-state index in [4.69, 9.17) is 9.84 Å². The predicted molar refractivity (Wildman–Crippen MR) is 81.5 cm³/mol. The molecule has 0 saturated carbocycles. The van der Waals surface area contributed by atoms with E-state index in [0.29, 0.717) is 18.0 Å². The zero-order valence-corrected chi connectivity index (χ0v) is 12.5. The molecule has 6 heteroatoms. The minimum absolute atomic E-state index is 0.0133. The maximum Gasteiger partial charge on any atom is 0.335 e. The smallest absolute Gasteiger partial charge is 0.335 e. The number of carboxylic acids is 1. The summed E-state index contributed by atoms with van der Waals surface area (Å²) in [4.78, 5) is 27.3. The molecule has 118 valence electrons. The van der Waals surface area contributed by atoms with Crippen LogP contribution in [-0.2, 0) is 4.79 Å². The molecule has 1 aromatic rings. The van der Waals surface area contributed by atoms with Gasteiger partial charge in [-0.1, -0.05) is 6.42 Å². The van der Waals surface area contributed by atoms with Gasteiger partial charge in [0.15, 0.2) is 6.61 Å². The Balaban J connectivity index is 1.77. The summed E-state index contributed by atoms with van der Waals surface area (Å²) >= 11 is 0. The molecule has 2 heterocycles. The van der Waals surface area contributed by atoms with Crippen LogP contribution in [-0.4, -0.2) is 54.7 Å². The van der Waals surface area contributed by atoms with Gasteiger partial charge in [0.25, 0.3) is 5.91 Å². The lowest BCUT2D eigenvalue weighted by atomic mass is 10.1. The molecule has 1 aromatic carbocycles. The Hall–Kier alpha value is -2.08. The molecule has 0 bridgehead atoms. The van der Waals surface area contributed by atoms with Gasteiger partial charge in [0.1, 0.15) is 5.75 Å². The number of piperidine rings is 1. The fourth-order valence-electron chi connectivity index (χ4n) is 3.00. The molecule has 1 amide bonds. The zero-order valence-electron chi connectivity index (χ0n) is 12.5. The fourth-order valence-corrected chi connectivity index (χ4v) is 3.00. The maximum atomic E-state index is 12.1. The number of nitrogens with zero attached hydrogens (tertiary/aromatic N) is 2. The van der Waals surface area contributed by atoms with Crippen molar-refractivity contribution < 1.29 is 19.4 Å². The fraction of sp³-hybridized carbons (Fsp3) is 0.500. The van der Waals surface area contributed by atoms with Crippen LogP contribution in [0.2, 0.25) is 0 Å². The number of benzene rings is 1. The Morgan fingerprint density at radius 3 is 2.68 bits per heavy atom. The highest BCUT2D eigenvalue weighted by molar-refractivity contribution is 5.99. The van der Waals surface area contributed by atoms with E-state index in [1.54, 1.807) is 11.0 Å². The molecule has 0 aromatic heterocycles. The molecule has 3 rings (SSSR count). The summed E-state index contributed by atoms with van der Waals surface area (Å²) in [5, 5.41) is 9.12. The Morgan fingerprint density at radius 1 is 1.18 bits per heavy atom. The van der Waals surface area contributed by atoms with Gasteiger partial charge in [0, 0.05) is 13.1 Å². The summed E-state index contributed by atoms with van der Waals surface area (Å²) in [7, 11) is 0. The highest BCUT2D eigenvalue weighted by atomic mass is 16.5. The first-order valence-corrected chi connectivity index (χ1v) is 7.68. The summed E-state index contributed by atoms with van der Waals surface area (Å²) in [6.07, 6.45) is 3.69. The van der Waals surface area contributed by atoms with Crippen LogP contribution in [0.1, 0.15) is 29.6 Å². The second-order valence-corrected chi connectivity index (χ2v) is 5.72. The number of fused-ring (bicyclic) bond motifs is 1. The van der Waals surface area contributed by atoms with Crippen LogP contribution in [0.3, 0.4) is 0 Å². The van der Waals surface area contributed by atoms with Crippen LogP contribution < -0.4 is 9.64 Å². The SMILES string of the molecule is O=C(O)c1ccc2c(c1)N(CCN1CCCCC1)C(=O)CO2. The Morgan fingerprint density at radius 2 is 1.95 bits per heavy atom. The first-order valence-electron chi connectivity index (χ1n) is 7.68. The monoisotopic (exact) mass is 304 g/mol. The number of carbonyl (C=O) groups is 2. The van der Waals surface area contributed by atoms with E-state index < -0.39 is 5.97 Å². The van der Waals surface area contributed by atoms with E-state index in [9.17, 15) is 9.59 Å². The summed E-state index contributed by atoms with van der Waals surface area (Å²) in [6.45, 7) is 3.53. The van der Waals surface area contributed by atoms with Gasteiger partial charge in [0.2, 0.25) is 0 Å². The van der Waals surface area contributed by atoms with Crippen molar-refractivity contribution in [3.8, 4) is 5.75 Å². The average molecular weight is 304 g/mol. The first-order chi connectivity index (χ1) is 10.6. The third-order valence-corrected chi connectivity index (χ3v) is 4.24. The lowest BCUT2D eigenvalue weighted by Gasteiger charge is -2.33. The van der Waals surface area contributed by atoms with E-state index in [-0.39, 0.29) is 18.1 Å². The number of aromatic carboxylic acids is 1. The van der Waals surface area contributed by atoms with Gasteiger partial charge in [0.05, 0.1) is 11.3 Å². The van der Waals surface area contributed by atoms with Gasteiger partial charge < -0.3 is 19.6 Å². The molecule has 0 spiro atoms.